The number of hydrogen-bond acceptors (Lipinski definition) is 3. The topological polar surface area (TPSA) is 36.7 Å². The Kier molecular flexibility index (Phi) is 3.66. The summed E-state index contributed by atoms with van der Waals surface area (Å²) in [6.45, 7) is 3.68. The maximum Gasteiger partial charge on any atom is 0.417 e. The van der Waals surface area contributed by atoms with Gasteiger partial charge in [-0.3, -0.25) is 0 Å². The van der Waals surface area contributed by atoms with Crippen molar-refractivity contribution in [1.29, 1.82) is 5.26 Å². The van der Waals surface area contributed by atoms with Gasteiger partial charge in [-0.05, 0) is 17.7 Å². The lowest BCUT2D eigenvalue weighted by molar-refractivity contribution is -0.137. The zero-order valence-electron chi connectivity index (χ0n) is 11.7. The Labute approximate surface area is 134 Å². The molecule has 3 aromatic rings. The van der Waals surface area contributed by atoms with Crippen LogP contribution in [0.3, 0.4) is 0 Å². The molecule has 6 heteroatoms. The number of halogens is 3. The number of nitriles is 1. The van der Waals surface area contributed by atoms with Crippen molar-refractivity contribution < 1.29 is 13.2 Å². The van der Waals surface area contributed by atoms with Crippen LogP contribution in [0, 0.1) is 11.3 Å². The van der Waals surface area contributed by atoms with E-state index in [1.54, 1.807) is 12.1 Å². The Morgan fingerprint density at radius 2 is 2.00 bits per heavy atom. The van der Waals surface area contributed by atoms with Gasteiger partial charge in [-0.15, -0.1) is 11.3 Å². The van der Waals surface area contributed by atoms with Crippen molar-refractivity contribution >= 4 is 27.6 Å². The van der Waals surface area contributed by atoms with Crippen LogP contribution in [0.4, 0.5) is 13.2 Å². The molecule has 114 valence electrons. The van der Waals surface area contributed by atoms with Crippen molar-refractivity contribution in [1.82, 2.24) is 4.98 Å². The van der Waals surface area contributed by atoms with Crippen molar-refractivity contribution in [2.75, 3.05) is 0 Å². The van der Waals surface area contributed by atoms with Crippen LogP contribution in [-0.2, 0) is 6.18 Å². The molecule has 2 nitrogen and oxygen atoms in total. The summed E-state index contributed by atoms with van der Waals surface area (Å²) in [7, 11) is 0. The van der Waals surface area contributed by atoms with Crippen LogP contribution in [0.5, 0.6) is 0 Å². The van der Waals surface area contributed by atoms with Gasteiger partial charge in [-0.2, -0.15) is 18.4 Å². The molecular weight excluding hydrogens is 321 g/mol. The monoisotopic (exact) mass is 330 g/mol. The van der Waals surface area contributed by atoms with Gasteiger partial charge in [0.2, 0.25) is 0 Å². The molecule has 23 heavy (non-hydrogen) atoms. The Morgan fingerprint density at radius 1 is 1.26 bits per heavy atom. The van der Waals surface area contributed by atoms with E-state index in [9.17, 15) is 13.2 Å². The average Bonchev–Trinajstić information content (AvgIpc) is 2.91. The number of pyridine rings is 1. The number of alkyl halides is 3. The van der Waals surface area contributed by atoms with Gasteiger partial charge in [-0.1, -0.05) is 30.9 Å². The average molecular weight is 330 g/mol. The molecule has 0 unspecified atom stereocenters. The Morgan fingerprint density at radius 3 is 2.65 bits per heavy atom. The summed E-state index contributed by atoms with van der Waals surface area (Å²) >= 11 is 1.25. The molecular formula is C17H9F3N2S. The lowest BCUT2D eigenvalue weighted by atomic mass is 9.97. The first-order chi connectivity index (χ1) is 11.0. The minimum Gasteiger partial charge on any atom is -0.244 e. The van der Waals surface area contributed by atoms with Crippen LogP contribution >= 0.6 is 11.3 Å². The number of thiophene rings is 1. The Hall–Kier alpha value is -2.65. The standard InChI is InChI=1S/C17H9F3N2S/c1-2-14-15(11-5-3-4-6-13(11)17(18,19)20)12-7-10(8-21)9-22-16(12)23-14/h2-7,9H,1H2. The maximum atomic E-state index is 13.3. The molecule has 0 amide bonds. The second-order valence-electron chi connectivity index (χ2n) is 4.78. The summed E-state index contributed by atoms with van der Waals surface area (Å²) in [5, 5.41) is 9.55. The highest BCUT2D eigenvalue weighted by molar-refractivity contribution is 7.20. The molecule has 0 bridgehead atoms. The summed E-state index contributed by atoms with van der Waals surface area (Å²) in [6.07, 6.45) is -1.55. The van der Waals surface area contributed by atoms with Gasteiger partial charge in [0.05, 0.1) is 11.1 Å². The highest BCUT2D eigenvalue weighted by Gasteiger charge is 2.34. The quantitative estimate of drug-likeness (QED) is 0.622. The molecule has 0 saturated carbocycles. The van der Waals surface area contributed by atoms with E-state index >= 15 is 0 Å². The molecule has 0 atom stereocenters. The first-order valence-corrected chi connectivity index (χ1v) is 7.39. The fraction of sp³-hybridized carbons (Fsp3) is 0.0588. The molecule has 0 fully saturated rings. The zero-order chi connectivity index (χ0) is 16.6. The van der Waals surface area contributed by atoms with E-state index in [1.807, 2.05) is 6.07 Å². The van der Waals surface area contributed by atoms with Crippen LogP contribution in [0.1, 0.15) is 16.0 Å². The van der Waals surface area contributed by atoms with Gasteiger partial charge < -0.3 is 0 Å². The van der Waals surface area contributed by atoms with E-state index in [0.29, 0.717) is 26.2 Å². The fourth-order valence-electron chi connectivity index (χ4n) is 2.43. The van der Waals surface area contributed by atoms with Gasteiger partial charge in [0, 0.05) is 22.0 Å². The summed E-state index contributed by atoms with van der Waals surface area (Å²) in [6, 6.07) is 8.92. The van der Waals surface area contributed by atoms with E-state index in [0.717, 1.165) is 6.07 Å². The van der Waals surface area contributed by atoms with Crippen LogP contribution in [0.15, 0.2) is 43.1 Å². The van der Waals surface area contributed by atoms with Crippen LogP contribution in [0.25, 0.3) is 27.4 Å². The summed E-state index contributed by atoms with van der Waals surface area (Å²) in [5.74, 6) is 0. The van der Waals surface area contributed by atoms with E-state index in [2.05, 4.69) is 11.6 Å². The molecule has 0 saturated heterocycles. The van der Waals surface area contributed by atoms with Crippen molar-refractivity contribution in [3.8, 4) is 17.2 Å². The molecule has 0 radical (unpaired) electrons. The van der Waals surface area contributed by atoms with Crippen LogP contribution in [-0.4, -0.2) is 4.98 Å². The molecule has 0 spiro atoms. The highest BCUT2D eigenvalue weighted by Crippen LogP contribution is 2.44. The first kappa shape index (κ1) is 15.3. The number of rotatable bonds is 2. The molecule has 0 aliphatic heterocycles. The molecule has 2 heterocycles. The highest BCUT2D eigenvalue weighted by atomic mass is 32.1. The number of benzene rings is 1. The van der Waals surface area contributed by atoms with Crippen molar-refractivity contribution in [2.24, 2.45) is 0 Å². The maximum absolute atomic E-state index is 13.3. The minimum absolute atomic E-state index is 0.0676. The molecule has 1 aromatic carbocycles. The van der Waals surface area contributed by atoms with Crippen LogP contribution in [0.2, 0.25) is 0 Å². The van der Waals surface area contributed by atoms with Crippen molar-refractivity contribution in [3.05, 3.63) is 59.1 Å². The molecule has 0 aliphatic carbocycles. The van der Waals surface area contributed by atoms with Gasteiger partial charge in [-0.25, -0.2) is 4.98 Å². The first-order valence-electron chi connectivity index (χ1n) is 6.57. The predicted molar refractivity (Wildman–Crippen MR) is 84.9 cm³/mol. The normalized spacial score (nSPS) is 11.4. The number of aromatic nitrogens is 1. The third kappa shape index (κ3) is 2.60. The molecule has 3 rings (SSSR count). The second kappa shape index (κ2) is 5.52. The SMILES string of the molecule is C=Cc1sc2ncc(C#N)cc2c1-c1ccccc1C(F)(F)F. The molecule has 0 N–H and O–H groups in total. The number of fused-ring (bicyclic) bond motifs is 1. The molecule has 0 aliphatic rings. The summed E-state index contributed by atoms with van der Waals surface area (Å²) in [5.41, 5.74) is 0.0670. The fourth-order valence-corrected chi connectivity index (χ4v) is 3.42. The van der Waals surface area contributed by atoms with Gasteiger partial charge >= 0.3 is 6.18 Å². The Balaban J connectivity index is 2.41. The molecule has 2 aromatic heterocycles. The minimum atomic E-state index is -4.47. The zero-order valence-corrected chi connectivity index (χ0v) is 12.5. The summed E-state index contributed by atoms with van der Waals surface area (Å²) < 4.78 is 40.0. The number of hydrogen-bond donors (Lipinski definition) is 0. The van der Waals surface area contributed by atoms with Crippen LogP contribution < -0.4 is 0 Å². The van der Waals surface area contributed by atoms with E-state index in [1.165, 1.54) is 35.7 Å². The van der Waals surface area contributed by atoms with E-state index in [-0.39, 0.29) is 5.56 Å². The third-order valence-electron chi connectivity index (χ3n) is 3.39. The lowest BCUT2D eigenvalue weighted by Gasteiger charge is -2.13. The third-order valence-corrected chi connectivity index (χ3v) is 4.50. The Bertz CT molecular complexity index is 949. The van der Waals surface area contributed by atoms with Gasteiger partial charge in [0.15, 0.2) is 0 Å². The number of nitrogens with zero attached hydrogens (tertiary/aromatic N) is 2. The predicted octanol–water partition coefficient (Wildman–Crippen LogP) is 5.50. The van der Waals surface area contributed by atoms with Gasteiger partial charge in [0.1, 0.15) is 10.9 Å². The van der Waals surface area contributed by atoms with Crippen molar-refractivity contribution in [3.63, 3.8) is 0 Å². The van der Waals surface area contributed by atoms with Crippen molar-refractivity contribution in [2.45, 2.75) is 6.18 Å². The smallest absolute Gasteiger partial charge is 0.244 e. The summed E-state index contributed by atoms with van der Waals surface area (Å²) in [4.78, 5) is 5.34. The second-order valence-corrected chi connectivity index (χ2v) is 5.81. The van der Waals surface area contributed by atoms with Gasteiger partial charge in [0.25, 0.3) is 0 Å². The largest absolute Gasteiger partial charge is 0.417 e. The lowest BCUT2D eigenvalue weighted by Crippen LogP contribution is -2.07. The van der Waals surface area contributed by atoms with E-state index in [4.69, 9.17) is 5.26 Å². The van der Waals surface area contributed by atoms with E-state index < -0.39 is 11.7 Å².